The molecule has 0 N–H and O–H groups in total. The fourth-order valence-electron chi connectivity index (χ4n) is 6.00. The van der Waals surface area contributed by atoms with E-state index in [2.05, 4.69) is 17.9 Å². The highest BCUT2D eigenvalue weighted by Gasteiger charge is 2.54. The van der Waals surface area contributed by atoms with Gasteiger partial charge >= 0.3 is 5.97 Å². The van der Waals surface area contributed by atoms with Crippen molar-refractivity contribution in [2.75, 3.05) is 0 Å². The van der Waals surface area contributed by atoms with Crippen molar-refractivity contribution in [3.63, 3.8) is 0 Å². The molecule has 1 saturated heterocycles. The summed E-state index contributed by atoms with van der Waals surface area (Å²) in [5, 5.41) is 11.9. The molecule has 3 aliphatic rings. The molecule has 3 aliphatic heterocycles. The van der Waals surface area contributed by atoms with Crippen LogP contribution in [0.25, 0.3) is 0 Å². The number of ether oxygens (including phenoxy) is 1. The van der Waals surface area contributed by atoms with Gasteiger partial charge in [-0.1, -0.05) is 61.3 Å². The number of nitrogens with zero attached hydrogens (tertiary/aromatic N) is 4. The maximum absolute atomic E-state index is 14.4. The third-order valence-electron chi connectivity index (χ3n) is 7.81. The van der Waals surface area contributed by atoms with Gasteiger partial charge in [-0.05, 0) is 93.6 Å². The van der Waals surface area contributed by atoms with Gasteiger partial charge < -0.3 is 14.5 Å². The first-order valence-corrected chi connectivity index (χ1v) is 15.6. The maximum atomic E-state index is 14.4. The number of nitriles is 1. The maximum Gasteiger partial charge on any atom is 0.329 e. The number of esters is 1. The van der Waals surface area contributed by atoms with Crippen LogP contribution in [0, 0.1) is 17.2 Å². The Morgan fingerprint density at radius 2 is 1.67 bits per heavy atom. The number of carbonyl (C=O) groups excluding carboxylic acids is 2. The summed E-state index contributed by atoms with van der Waals surface area (Å²) in [5.41, 5.74) is 1.38. The molecule has 0 radical (unpaired) electrons. The number of rotatable bonds is 5. The normalized spacial score (nSPS) is 25.5. The average molecular weight is 626 g/mol. The lowest BCUT2D eigenvalue weighted by Crippen LogP contribution is -2.47. The van der Waals surface area contributed by atoms with E-state index in [0.717, 1.165) is 16.8 Å². The summed E-state index contributed by atoms with van der Waals surface area (Å²) in [6.45, 7) is 11.6. The van der Waals surface area contributed by atoms with Gasteiger partial charge in [-0.15, -0.1) is 0 Å². The molecular formula is C32H34Cl2N4O3S. The highest BCUT2D eigenvalue weighted by atomic mass is 35.5. The molecular weight excluding hydrogens is 591 g/mol. The molecule has 0 saturated carbocycles. The lowest BCUT2D eigenvalue weighted by Gasteiger charge is -2.37. The fourth-order valence-corrected chi connectivity index (χ4v) is 7.61. The molecule has 0 spiro atoms. The highest BCUT2D eigenvalue weighted by molar-refractivity contribution is 8.18. The number of benzene rings is 2. The van der Waals surface area contributed by atoms with Crippen molar-refractivity contribution < 1.29 is 14.3 Å². The SMILES string of the molecule is CC(C)C1=C(C(=O)N2[C@@H](C#N)CC[C@H]2C(=O)OC(C)(C)C)SC2=N[C@@](C)(c3ccc(Cl)cc3)[C@@H](c3ccc(Cl)cc3)N21. The Kier molecular flexibility index (Phi) is 8.17. The van der Waals surface area contributed by atoms with Crippen LogP contribution in [0.4, 0.5) is 0 Å². The Balaban J connectivity index is 1.61. The van der Waals surface area contributed by atoms with E-state index >= 15 is 0 Å². The van der Waals surface area contributed by atoms with Crippen molar-refractivity contribution >= 4 is 52.0 Å². The summed E-state index contributed by atoms with van der Waals surface area (Å²) in [6, 6.07) is 15.8. The minimum Gasteiger partial charge on any atom is -0.458 e. The third-order valence-corrected chi connectivity index (χ3v) is 9.38. The fraction of sp³-hybridized carbons (Fsp3) is 0.438. The Labute approximate surface area is 261 Å². The van der Waals surface area contributed by atoms with Crippen LogP contribution >= 0.6 is 35.0 Å². The molecule has 5 rings (SSSR count). The van der Waals surface area contributed by atoms with Crippen molar-refractivity contribution in [3.8, 4) is 6.07 Å². The standard InChI is InChI=1S/C32H34Cl2N4O3S/c1-18(2)25-26(28(39)37-23(17-35)15-16-24(37)29(40)41-31(3,4)5)42-30-36-32(6,20-9-13-22(34)14-10-20)27(38(25)30)19-7-11-21(33)12-8-19/h7-14,18,23-24,27H,15-16H2,1-6H3/t23-,24+,27-,32+/m1/s1. The second-order valence-corrected chi connectivity index (χ2v) is 14.2. The minimum absolute atomic E-state index is 0.0605. The zero-order chi connectivity index (χ0) is 30.6. The van der Waals surface area contributed by atoms with Crippen LogP contribution in [0.2, 0.25) is 10.0 Å². The van der Waals surface area contributed by atoms with Gasteiger partial charge in [0.25, 0.3) is 5.91 Å². The van der Waals surface area contributed by atoms with E-state index in [1.54, 1.807) is 20.8 Å². The second kappa shape index (κ2) is 11.3. The first-order valence-electron chi connectivity index (χ1n) is 14.0. The number of allylic oxidation sites excluding steroid dienone is 1. The molecule has 0 aliphatic carbocycles. The molecule has 42 heavy (non-hydrogen) atoms. The predicted octanol–water partition coefficient (Wildman–Crippen LogP) is 7.46. The van der Waals surface area contributed by atoms with Crippen molar-refractivity contribution in [1.29, 1.82) is 5.26 Å². The zero-order valence-corrected chi connectivity index (χ0v) is 26.8. The van der Waals surface area contributed by atoms with Crippen LogP contribution in [0.15, 0.2) is 64.1 Å². The Morgan fingerprint density at radius 1 is 1.07 bits per heavy atom. The average Bonchev–Trinajstić information content (AvgIpc) is 3.58. The highest BCUT2D eigenvalue weighted by Crippen LogP contribution is 2.56. The van der Waals surface area contributed by atoms with E-state index in [1.807, 2.05) is 62.4 Å². The number of hydrogen-bond acceptors (Lipinski definition) is 7. The van der Waals surface area contributed by atoms with Crippen molar-refractivity contribution in [2.24, 2.45) is 10.9 Å². The quantitative estimate of drug-likeness (QED) is 0.321. The molecule has 220 valence electrons. The lowest BCUT2D eigenvalue weighted by molar-refractivity contribution is -0.163. The molecule has 0 unspecified atom stereocenters. The smallest absolute Gasteiger partial charge is 0.329 e. The summed E-state index contributed by atoms with van der Waals surface area (Å²) in [4.78, 5) is 36.9. The van der Waals surface area contributed by atoms with Gasteiger partial charge in [-0.25, -0.2) is 9.79 Å². The van der Waals surface area contributed by atoms with Gasteiger partial charge in [0.2, 0.25) is 0 Å². The van der Waals surface area contributed by atoms with Crippen molar-refractivity contribution in [2.45, 2.75) is 83.6 Å². The van der Waals surface area contributed by atoms with Crippen LogP contribution in [0.5, 0.6) is 0 Å². The van der Waals surface area contributed by atoms with Crippen molar-refractivity contribution in [1.82, 2.24) is 9.80 Å². The summed E-state index contributed by atoms with van der Waals surface area (Å²) in [7, 11) is 0. The molecule has 4 atom stereocenters. The zero-order valence-electron chi connectivity index (χ0n) is 24.5. The van der Waals surface area contributed by atoms with E-state index in [0.29, 0.717) is 33.0 Å². The Morgan fingerprint density at radius 3 is 2.21 bits per heavy atom. The van der Waals surface area contributed by atoms with Gasteiger partial charge in [-0.2, -0.15) is 5.26 Å². The van der Waals surface area contributed by atoms with E-state index in [1.165, 1.54) is 16.7 Å². The van der Waals surface area contributed by atoms with Crippen LogP contribution in [-0.2, 0) is 19.9 Å². The number of halogens is 2. The van der Waals surface area contributed by atoms with Crippen LogP contribution in [-0.4, -0.2) is 44.5 Å². The molecule has 2 aromatic rings. The van der Waals surface area contributed by atoms with Crippen molar-refractivity contribution in [3.05, 3.63) is 80.3 Å². The molecule has 10 heteroatoms. The van der Waals surface area contributed by atoms with E-state index in [4.69, 9.17) is 32.9 Å². The number of fused-ring (bicyclic) bond motifs is 1. The second-order valence-electron chi connectivity index (χ2n) is 12.3. The number of carbonyl (C=O) groups is 2. The third kappa shape index (κ3) is 5.43. The van der Waals surface area contributed by atoms with Crippen LogP contribution < -0.4 is 0 Å². The number of amidine groups is 1. The van der Waals surface area contributed by atoms with E-state index in [-0.39, 0.29) is 17.9 Å². The molecule has 2 aromatic carbocycles. The number of likely N-dealkylation sites (tertiary alicyclic amines) is 1. The monoisotopic (exact) mass is 624 g/mol. The van der Waals surface area contributed by atoms with Crippen LogP contribution in [0.1, 0.15) is 71.6 Å². The summed E-state index contributed by atoms with van der Waals surface area (Å²) in [5.74, 6) is -0.895. The molecule has 0 bridgehead atoms. The van der Waals surface area contributed by atoms with E-state index < -0.39 is 29.2 Å². The summed E-state index contributed by atoms with van der Waals surface area (Å²) in [6.07, 6.45) is 0.786. The number of thioether (sulfide) groups is 1. The summed E-state index contributed by atoms with van der Waals surface area (Å²) < 4.78 is 5.66. The molecule has 0 aromatic heterocycles. The topological polar surface area (TPSA) is 86.0 Å². The number of aliphatic imine (C=N–C) groups is 1. The van der Waals surface area contributed by atoms with Gasteiger partial charge in [0.15, 0.2) is 5.17 Å². The lowest BCUT2D eigenvalue weighted by atomic mass is 9.81. The number of hydrogen-bond donors (Lipinski definition) is 0. The van der Waals surface area contributed by atoms with Gasteiger partial charge in [0, 0.05) is 15.7 Å². The van der Waals surface area contributed by atoms with Gasteiger partial charge in [0.05, 0.1) is 12.1 Å². The predicted molar refractivity (Wildman–Crippen MR) is 167 cm³/mol. The molecule has 1 fully saturated rings. The van der Waals surface area contributed by atoms with Gasteiger partial charge in [0.1, 0.15) is 28.1 Å². The first-order chi connectivity index (χ1) is 19.7. The molecule has 1 amide bonds. The first kappa shape index (κ1) is 30.5. The molecule has 7 nitrogen and oxygen atoms in total. The minimum atomic E-state index is -0.827. The largest absolute Gasteiger partial charge is 0.458 e. The van der Waals surface area contributed by atoms with Crippen LogP contribution in [0.3, 0.4) is 0 Å². The summed E-state index contributed by atoms with van der Waals surface area (Å²) >= 11 is 13.8. The Bertz CT molecular complexity index is 1510. The van der Waals surface area contributed by atoms with Gasteiger partial charge in [-0.3, -0.25) is 4.79 Å². The Hall–Kier alpha value is -2.99. The van der Waals surface area contributed by atoms with E-state index in [9.17, 15) is 14.9 Å². The number of amides is 1. The molecule has 3 heterocycles.